The van der Waals surface area contributed by atoms with E-state index in [9.17, 15) is 14.7 Å². The maximum Gasteiger partial charge on any atom is 0.319 e. The van der Waals surface area contributed by atoms with Gasteiger partial charge in [0.05, 0.1) is 14.2 Å². The Bertz CT molecular complexity index is 713. The third-order valence-corrected chi connectivity index (χ3v) is 4.90. The van der Waals surface area contributed by atoms with Crippen LogP contribution in [-0.4, -0.2) is 38.3 Å². The molecular formula is C16H19NO5S. The largest absolute Gasteiger partial charge is 0.493 e. The number of fused-ring (bicyclic) bond motifs is 1. The summed E-state index contributed by atoms with van der Waals surface area (Å²) in [7, 11) is 4.56. The van der Waals surface area contributed by atoms with Gasteiger partial charge in [-0.2, -0.15) is 0 Å². The van der Waals surface area contributed by atoms with Crippen LogP contribution in [0.4, 0.5) is 0 Å². The standard InChI is InChI=1S/C16H19NO5S/c1-16(15(19)20,14(18)17-2)8-10-5-9-6-11(21-3)12(22-4)7-13(9)23-10/h5-7H,8H2,1-4H3,(H,17,18)(H,19,20). The molecule has 2 rings (SSSR count). The van der Waals surface area contributed by atoms with E-state index in [0.717, 1.165) is 15.0 Å². The number of aliphatic carboxylic acids is 1. The van der Waals surface area contributed by atoms with Crippen molar-refractivity contribution in [2.75, 3.05) is 21.3 Å². The van der Waals surface area contributed by atoms with E-state index in [2.05, 4.69) is 5.32 Å². The number of carbonyl (C=O) groups excluding carboxylic acids is 1. The molecule has 0 radical (unpaired) electrons. The SMILES string of the molecule is CNC(=O)C(C)(Cc1cc2cc(OC)c(OC)cc2s1)C(=O)O. The highest BCUT2D eigenvalue weighted by Crippen LogP contribution is 2.38. The molecule has 23 heavy (non-hydrogen) atoms. The number of nitrogens with one attached hydrogen (secondary N) is 1. The molecule has 2 aromatic rings. The van der Waals surface area contributed by atoms with Crippen LogP contribution >= 0.6 is 11.3 Å². The number of carbonyl (C=O) groups is 2. The van der Waals surface area contributed by atoms with Crippen molar-refractivity contribution in [3.63, 3.8) is 0 Å². The van der Waals surface area contributed by atoms with E-state index in [-0.39, 0.29) is 6.42 Å². The van der Waals surface area contributed by atoms with E-state index in [1.165, 1.54) is 25.3 Å². The zero-order chi connectivity index (χ0) is 17.2. The molecule has 1 aromatic carbocycles. The van der Waals surface area contributed by atoms with Gasteiger partial charge in [-0.25, -0.2) is 0 Å². The number of hydrogen-bond acceptors (Lipinski definition) is 5. The van der Waals surface area contributed by atoms with Gasteiger partial charge >= 0.3 is 5.97 Å². The molecule has 0 saturated heterocycles. The number of methoxy groups -OCH3 is 2. The van der Waals surface area contributed by atoms with Gasteiger partial charge < -0.3 is 19.9 Å². The molecule has 1 aromatic heterocycles. The van der Waals surface area contributed by atoms with Crippen LogP contribution in [0.3, 0.4) is 0 Å². The lowest BCUT2D eigenvalue weighted by molar-refractivity contribution is -0.154. The highest BCUT2D eigenvalue weighted by atomic mass is 32.1. The minimum Gasteiger partial charge on any atom is -0.493 e. The van der Waals surface area contributed by atoms with Crippen LogP contribution in [0.1, 0.15) is 11.8 Å². The summed E-state index contributed by atoms with van der Waals surface area (Å²) in [5.74, 6) is -0.445. The van der Waals surface area contributed by atoms with Crippen LogP contribution in [-0.2, 0) is 16.0 Å². The van der Waals surface area contributed by atoms with Crippen molar-refractivity contribution >= 4 is 33.3 Å². The van der Waals surface area contributed by atoms with Crippen LogP contribution in [0.5, 0.6) is 11.5 Å². The Balaban J connectivity index is 2.44. The molecule has 6 nitrogen and oxygen atoms in total. The van der Waals surface area contributed by atoms with Gasteiger partial charge in [0.25, 0.3) is 0 Å². The van der Waals surface area contributed by atoms with Gasteiger partial charge in [0.15, 0.2) is 11.5 Å². The Labute approximate surface area is 138 Å². The lowest BCUT2D eigenvalue weighted by Gasteiger charge is -2.21. The molecule has 1 heterocycles. The number of carboxylic acids is 1. The van der Waals surface area contributed by atoms with Gasteiger partial charge in [-0.3, -0.25) is 9.59 Å². The molecule has 0 aliphatic rings. The average Bonchev–Trinajstić information content (AvgIpc) is 2.92. The molecule has 7 heteroatoms. The second kappa shape index (κ2) is 6.45. The fraction of sp³-hybridized carbons (Fsp3) is 0.375. The summed E-state index contributed by atoms with van der Waals surface area (Å²) in [6.45, 7) is 1.43. The van der Waals surface area contributed by atoms with Crippen molar-refractivity contribution in [2.45, 2.75) is 13.3 Å². The Hall–Kier alpha value is -2.28. The number of carboxylic acid groups (broad SMARTS) is 1. The van der Waals surface area contributed by atoms with E-state index in [0.29, 0.717) is 11.5 Å². The molecule has 1 atom stereocenters. The molecule has 0 bridgehead atoms. The molecule has 0 aliphatic carbocycles. The summed E-state index contributed by atoms with van der Waals surface area (Å²) in [6.07, 6.45) is 0.117. The molecule has 0 fully saturated rings. The number of ether oxygens (including phenoxy) is 2. The van der Waals surface area contributed by atoms with Crippen molar-refractivity contribution in [3.05, 3.63) is 23.1 Å². The number of benzene rings is 1. The first kappa shape index (κ1) is 17.1. The second-order valence-electron chi connectivity index (χ2n) is 5.35. The summed E-state index contributed by atoms with van der Waals surface area (Å²) in [5.41, 5.74) is -1.51. The maximum atomic E-state index is 12.0. The number of rotatable bonds is 6. The van der Waals surface area contributed by atoms with Crippen molar-refractivity contribution in [2.24, 2.45) is 5.41 Å². The normalized spacial score (nSPS) is 13.4. The molecule has 124 valence electrons. The lowest BCUT2D eigenvalue weighted by Crippen LogP contribution is -2.44. The third-order valence-electron chi connectivity index (χ3n) is 3.80. The van der Waals surface area contributed by atoms with Gasteiger partial charge in [-0.1, -0.05) is 0 Å². The number of hydrogen-bond donors (Lipinski definition) is 2. The molecule has 2 N–H and O–H groups in total. The van der Waals surface area contributed by atoms with Crippen molar-refractivity contribution < 1.29 is 24.2 Å². The van der Waals surface area contributed by atoms with Crippen LogP contribution in [0.2, 0.25) is 0 Å². The van der Waals surface area contributed by atoms with Crippen LogP contribution in [0.25, 0.3) is 10.1 Å². The van der Waals surface area contributed by atoms with Gasteiger partial charge in [-0.15, -0.1) is 11.3 Å². The van der Waals surface area contributed by atoms with Crippen LogP contribution in [0.15, 0.2) is 18.2 Å². The summed E-state index contributed by atoms with van der Waals surface area (Å²) < 4.78 is 11.5. The van der Waals surface area contributed by atoms with E-state index in [1.807, 2.05) is 18.2 Å². The lowest BCUT2D eigenvalue weighted by atomic mass is 9.85. The number of thiophene rings is 1. The second-order valence-corrected chi connectivity index (χ2v) is 6.52. The first-order valence-electron chi connectivity index (χ1n) is 6.95. The van der Waals surface area contributed by atoms with E-state index < -0.39 is 17.3 Å². The average molecular weight is 337 g/mol. The van der Waals surface area contributed by atoms with Gasteiger partial charge in [0, 0.05) is 29.1 Å². The van der Waals surface area contributed by atoms with E-state index >= 15 is 0 Å². The van der Waals surface area contributed by atoms with Crippen molar-refractivity contribution in [3.8, 4) is 11.5 Å². The Kier molecular flexibility index (Phi) is 4.79. The predicted octanol–water partition coefficient (Wildman–Crippen LogP) is 2.30. The maximum absolute atomic E-state index is 12.0. The summed E-state index contributed by atoms with van der Waals surface area (Å²) in [4.78, 5) is 24.3. The zero-order valence-electron chi connectivity index (χ0n) is 13.4. The first-order valence-corrected chi connectivity index (χ1v) is 7.77. The van der Waals surface area contributed by atoms with Crippen molar-refractivity contribution in [1.82, 2.24) is 5.32 Å². The molecule has 0 spiro atoms. The smallest absolute Gasteiger partial charge is 0.319 e. The van der Waals surface area contributed by atoms with E-state index in [1.54, 1.807) is 14.2 Å². The Morgan fingerprint density at radius 1 is 1.22 bits per heavy atom. The Morgan fingerprint density at radius 3 is 2.35 bits per heavy atom. The summed E-state index contributed by atoms with van der Waals surface area (Å²) in [6, 6.07) is 5.57. The highest BCUT2D eigenvalue weighted by molar-refractivity contribution is 7.19. The monoisotopic (exact) mass is 337 g/mol. The van der Waals surface area contributed by atoms with E-state index in [4.69, 9.17) is 9.47 Å². The van der Waals surface area contributed by atoms with Gasteiger partial charge in [0.1, 0.15) is 5.41 Å². The van der Waals surface area contributed by atoms with Gasteiger partial charge in [0.2, 0.25) is 5.91 Å². The van der Waals surface area contributed by atoms with Crippen molar-refractivity contribution in [1.29, 1.82) is 0 Å². The fourth-order valence-electron chi connectivity index (χ4n) is 2.39. The zero-order valence-corrected chi connectivity index (χ0v) is 14.2. The molecule has 0 saturated carbocycles. The van der Waals surface area contributed by atoms with Gasteiger partial charge in [-0.05, 0) is 24.4 Å². The minimum atomic E-state index is -1.51. The third kappa shape index (κ3) is 3.10. The predicted molar refractivity (Wildman–Crippen MR) is 88.4 cm³/mol. The molecular weight excluding hydrogens is 318 g/mol. The van der Waals surface area contributed by atoms with Crippen LogP contribution in [0, 0.1) is 5.41 Å². The fourth-order valence-corrected chi connectivity index (χ4v) is 3.62. The topological polar surface area (TPSA) is 84.9 Å². The molecule has 1 unspecified atom stereocenters. The first-order chi connectivity index (χ1) is 10.8. The quantitative estimate of drug-likeness (QED) is 0.790. The number of amides is 1. The summed E-state index contributed by atoms with van der Waals surface area (Å²) >= 11 is 1.44. The van der Waals surface area contributed by atoms with Crippen LogP contribution < -0.4 is 14.8 Å². The summed E-state index contributed by atoms with van der Waals surface area (Å²) in [5, 5.41) is 12.8. The molecule has 1 amide bonds. The minimum absolute atomic E-state index is 0.117. The molecule has 0 aliphatic heterocycles. The highest BCUT2D eigenvalue weighted by Gasteiger charge is 2.41. The Morgan fingerprint density at radius 2 is 1.83 bits per heavy atom.